The molecule has 0 aliphatic heterocycles. The van der Waals surface area contributed by atoms with Gasteiger partial charge >= 0.3 is 7.82 Å². The smallest absolute Gasteiger partial charge is 0.387 e. The van der Waals surface area contributed by atoms with Gasteiger partial charge in [0.1, 0.15) is 13.2 Å². The van der Waals surface area contributed by atoms with Gasteiger partial charge in [-0.3, -0.25) is 13.8 Å². The topological polar surface area (TPSA) is 105 Å². The molecule has 3 N–H and O–H groups in total. The predicted octanol–water partition coefficient (Wildman–Crippen LogP) is 17.6. The Balaban J connectivity index is 4.22. The van der Waals surface area contributed by atoms with Gasteiger partial charge in [0.05, 0.1) is 39.9 Å². The number of phosphoric acid groups is 1. The van der Waals surface area contributed by atoms with E-state index in [9.17, 15) is 19.4 Å². The van der Waals surface area contributed by atoms with Gasteiger partial charge in [-0.15, -0.1) is 0 Å². The Kier molecular flexibility index (Phi) is 49.2. The summed E-state index contributed by atoms with van der Waals surface area (Å²) in [6, 6.07) is -0.860. The molecule has 67 heavy (non-hydrogen) atoms. The molecule has 398 valence electrons. The Morgan fingerprint density at radius 2 is 0.821 bits per heavy atom. The molecular weight excluding hydrogens is 852 g/mol. The number of unbranched alkanes of at least 4 members (excludes halogenated alkanes) is 39. The SMILES string of the molecule is CCCCCCCCCCCCCCCCCCCCC/C=C/CC/C=C/C(O)C(COP(=O)(O)OCC[N+](C)(C)C)NC(=O)CCCCCCCCCCCCCCCCCCCCCC. The first-order valence-corrected chi connectivity index (χ1v) is 30.7. The maximum absolute atomic E-state index is 13.0. The van der Waals surface area contributed by atoms with Crippen molar-refractivity contribution >= 4 is 13.7 Å². The van der Waals surface area contributed by atoms with Crippen LogP contribution >= 0.6 is 7.82 Å². The van der Waals surface area contributed by atoms with E-state index in [1.165, 1.54) is 231 Å². The molecule has 3 atom stereocenters. The number of allylic oxidation sites excluding steroid dienone is 3. The van der Waals surface area contributed by atoms with Crippen LogP contribution in [0.4, 0.5) is 0 Å². The van der Waals surface area contributed by atoms with Crippen molar-refractivity contribution in [3.63, 3.8) is 0 Å². The molecule has 0 fully saturated rings. The van der Waals surface area contributed by atoms with E-state index in [2.05, 4.69) is 31.3 Å². The van der Waals surface area contributed by atoms with E-state index in [1.54, 1.807) is 6.08 Å². The van der Waals surface area contributed by atoms with Crippen LogP contribution in [0.5, 0.6) is 0 Å². The summed E-state index contributed by atoms with van der Waals surface area (Å²) in [4.78, 5) is 23.3. The highest BCUT2D eigenvalue weighted by molar-refractivity contribution is 7.47. The van der Waals surface area contributed by atoms with Gasteiger partial charge in [-0.2, -0.15) is 0 Å². The molecule has 3 unspecified atom stereocenters. The number of nitrogens with zero attached hydrogens (tertiary/aromatic N) is 1. The molecule has 1 amide bonds. The van der Waals surface area contributed by atoms with E-state index in [4.69, 9.17) is 9.05 Å². The zero-order valence-corrected chi connectivity index (χ0v) is 46.3. The lowest BCUT2D eigenvalue weighted by Crippen LogP contribution is -2.45. The molecule has 0 heterocycles. The van der Waals surface area contributed by atoms with Crippen LogP contribution in [0.15, 0.2) is 24.3 Å². The zero-order valence-electron chi connectivity index (χ0n) is 45.4. The van der Waals surface area contributed by atoms with Gasteiger partial charge in [0, 0.05) is 6.42 Å². The van der Waals surface area contributed by atoms with Crippen LogP contribution in [0.2, 0.25) is 0 Å². The number of carbonyl (C=O) groups is 1. The first kappa shape index (κ1) is 66.0. The number of phosphoric ester groups is 1. The third-order valence-electron chi connectivity index (χ3n) is 13.4. The Bertz CT molecular complexity index is 1140. The Morgan fingerprint density at radius 3 is 1.19 bits per heavy atom. The lowest BCUT2D eigenvalue weighted by atomic mass is 10.0. The summed E-state index contributed by atoms with van der Waals surface area (Å²) in [6.07, 6.45) is 62.9. The van der Waals surface area contributed by atoms with Gasteiger partial charge in [-0.05, 0) is 32.1 Å². The summed E-state index contributed by atoms with van der Waals surface area (Å²) in [5.74, 6) is -0.181. The van der Waals surface area contributed by atoms with Crippen molar-refractivity contribution in [3.8, 4) is 0 Å². The number of nitrogens with one attached hydrogen (secondary N) is 1. The highest BCUT2D eigenvalue weighted by Crippen LogP contribution is 2.43. The molecule has 0 aromatic carbocycles. The van der Waals surface area contributed by atoms with Crippen molar-refractivity contribution in [2.45, 2.75) is 302 Å². The second-order valence-corrected chi connectivity index (χ2v) is 22.8. The molecule has 0 aromatic rings. The van der Waals surface area contributed by atoms with E-state index < -0.39 is 20.0 Å². The molecule has 0 spiro atoms. The van der Waals surface area contributed by atoms with Crippen molar-refractivity contribution in [2.24, 2.45) is 0 Å². The van der Waals surface area contributed by atoms with Crippen molar-refractivity contribution in [2.75, 3.05) is 40.9 Å². The first-order chi connectivity index (χ1) is 32.5. The molecule has 0 aliphatic carbocycles. The first-order valence-electron chi connectivity index (χ1n) is 29.2. The molecule has 8 nitrogen and oxygen atoms in total. The quantitative estimate of drug-likeness (QED) is 0.0243. The summed E-state index contributed by atoms with van der Waals surface area (Å²) in [5.41, 5.74) is 0. The molecular formula is C58H116N2O6P+. The van der Waals surface area contributed by atoms with Crippen LogP contribution < -0.4 is 5.32 Å². The van der Waals surface area contributed by atoms with Crippen LogP contribution in [0.3, 0.4) is 0 Å². The average molecular weight is 969 g/mol. The van der Waals surface area contributed by atoms with Gasteiger partial charge in [-0.25, -0.2) is 4.57 Å². The molecule has 0 saturated heterocycles. The third-order valence-corrected chi connectivity index (χ3v) is 14.4. The normalized spacial score (nSPS) is 14.1. The molecule has 9 heteroatoms. The summed E-state index contributed by atoms with van der Waals surface area (Å²) in [6.45, 7) is 4.84. The maximum Gasteiger partial charge on any atom is 0.472 e. The fourth-order valence-electron chi connectivity index (χ4n) is 8.83. The van der Waals surface area contributed by atoms with Gasteiger partial charge in [0.2, 0.25) is 5.91 Å². The lowest BCUT2D eigenvalue weighted by molar-refractivity contribution is -0.870. The fourth-order valence-corrected chi connectivity index (χ4v) is 9.56. The van der Waals surface area contributed by atoms with Crippen molar-refractivity contribution in [1.82, 2.24) is 5.32 Å². The average Bonchev–Trinajstić information content (AvgIpc) is 3.29. The van der Waals surface area contributed by atoms with Crippen LogP contribution in [-0.4, -0.2) is 73.4 Å². The van der Waals surface area contributed by atoms with E-state index in [0.717, 1.165) is 38.5 Å². The number of aliphatic hydroxyl groups is 1. The van der Waals surface area contributed by atoms with Crippen LogP contribution in [0, 0.1) is 0 Å². The molecule has 0 radical (unpaired) electrons. The Morgan fingerprint density at radius 1 is 0.493 bits per heavy atom. The van der Waals surface area contributed by atoms with Crippen molar-refractivity contribution in [1.29, 1.82) is 0 Å². The van der Waals surface area contributed by atoms with Gasteiger partial charge in [-0.1, -0.05) is 276 Å². The van der Waals surface area contributed by atoms with E-state index in [0.29, 0.717) is 17.4 Å². The van der Waals surface area contributed by atoms with Crippen LogP contribution in [-0.2, 0) is 18.4 Å². The Hall–Kier alpha value is -1.02. The molecule has 0 rings (SSSR count). The monoisotopic (exact) mass is 968 g/mol. The minimum atomic E-state index is -4.35. The maximum atomic E-state index is 13.0. The van der Waals surface area contributed by atoms with Crippen LogP contribution in [0.1, 0.15) is 290 Å². The fraction of sp³-hybridized carbons (Fsp3) is 0.914. The van der Waals surface area contributed by atoms with Gasteiger partial charge in [0.15, 0.2) is 0 Å². The number of hydrogen-bond donors (Lipinski definition) is 3. The van der Waals surface area contributed by atoms with E-state index >= 15 is 0 Å². The third kappa shape index (κ3) is 52.6. The minimum Gasteiger partial charge on any atom is -0.387 e. The zero-order chi connectivity index (χ0) is 49.2. The van der Waals surface area contributed by atoms with Gasteiger partial charge in [0.25, 0.3) is 0 Å². The van der Waals surface area contributed by atoms with Crippen molar-refractivity contribution in [3.05, 3.63) is 24.3 Å². The van der Waals surface area contributed by atoms with Gasteiger partial charge < -0.3 is 19.8 Å². The summed E-state index contributed by atoms with van der Waals surface area (Å²) in [7, 11) is 1.57. The molecule has 0 aromatic heterocycles. The molecule has 0 aliphatic rings. The molecule has 0 bridgehead atoms. The second kappa shape index (κ2) is 49.9. The predicted molar refractivity (Wildman–Crippen MR) is 291 cm³/mol. The highest BCUT2D eigenvalue weighted by atomic mass is 31.2. The number of rotatable bonds is 54. The number of likely N-dealkylation sites (N-methyl/N-ethyl adjacent to an activating group) is 1. The Labute approximate surface area is 417 Å². The standard InChI is InChI=1S/C58H115N2O6P/c1-6-8-10-12-14-16-18-20-22-24-26-28-29-30-31-32-33-35-37-39-41-43-45-47-49-51-57(61)56(55-66-67(63,64)65-54-53-60(3,4)5)59-58(62)52-50-48-46-44-42-40-38-36-34-27-25-23-21-19-17-15-13-11-9-7-2/h41,43,49,51,56-57,61H,6-40,42,44-48,50,52-55H2,1-5H3,(H-,59,62,63,64)/p+1/b43-41+,51-49+. The summed E-state index contributed by atoms with van der Waals surface area (Å²) >= 11 is 0. The van der Waals surface area contributed by atoms with Crippen molar-refractivity contribution < 1.29 is 32.9 Å². The largest absolute Gasteiger partial charge is 0.472 e. The second-order valence-electron chi connectivity index (χ2n) is 21.4. The number of hydrogen-bond acceptors (Lipinski definition) is 5. The number of amides is 1. The van der Waals surface area contributed by atoms with E-state index in [1.807, 2.05) is 27.2 Å². The number of quaternary nitrogens is 1. The minimum absolute atomic E-state index is 0.0588. The highest BCUT2D eigenvalue weighted by Gasteiger charge is 2.27. The lowest BCUT2D eigenvalue weighted by Gasteiger charge is -2.25. The summed E-state index contributed by atoms with van der Waals surface area (Å²) in [5, 5.41) is 13.9. The van der Waals surface area contributed by atoms with Crippen LogP contribution in [0.25, 0.3) is 0 Å². The molecule has 0 saturated carbocycles. The number of carbonyl (C=O) groups excluding carboxylic acids is 1. The summed E-state index contributed by atoms with van der Waals surface area (Å²) < 4.78 is 23.7. The van der Waals surface area contributed by atoms with E-state index in [-0.39, 0.29) is 19.1 Å². The number of aliphatic hydroxyl groups excluding tert-OH is 1.